The fourth-order valence-corrected chi connectivity index (χ4v) is 4.27. The summed E-state index contributed by atoms with van der Waals surface area (Å²) in [6.07, 6.45) is 9.68. The lowest BCUT2D eigenvalue weighted by atomic mass is 10.1. The Hall–Kier alpha value is -3.42. The smallest absolute Gasteiger partial charge is 0.417 e. The number of terminal acetylenes is 1. The minimum absolute atomic E-state index is 0.0679. The van der Waals surface area contributed by atoms with Crippen LogP contribution in [0.2, 0.25) is 0 Å². The third-order valence-corrected chi connectivity index (χ3v) is 5.83. The number of rotatable bonds is 5. The predicted octanol–water partition coefficient (Wildman–Crippen LogP) is 2.99. The summed E-state index contributed by atoms with van der Waals surface area (Å²) < 4.78 is 19.0. The van der Waals surface area contributed by atoms with Crippen LogP contribution >= 0.6 is 0 Å². The van der Waals surface area contributed by atoms with Gasteiger partial charge in [0, 0.05) is 38.0 Å². The molecular formula is C25H31N5O5. The Morgan fingerprint density at radius 1 is 1.37 bits per heavy atom. The molecule has 4 heterocycles. The van der Waals surface area contributed by atoms with Gasteiger partial charge in [-0.15, -0.1) is 6.42 Å². The van der Waals surface area contributed by atoms with E-state index in [4.69, 9.17) is 26.4 Å². The van der Waals surface area contributed by atoms with E-state index >= 15 is 0 Å². The molecule has 186 valence electrons. The Balaban J connectivity index is 1.68. The molecule has 0 aromatic carbocycles. The number of fused-ring (bicyclic) bond motifs is 1. The number of nitrogen functional groups attached to an aromatic ring is 1. The summed E-state index contributed by atoms with van der Waals surface area (Å²) in [7, 11) is 0. The molecule has 0 bridgehead atoms. The van der Waals surface area contributed by atoms with Crippen LogP contribution in [0.25, 0.3) is 11.4 Å². The Bertz CT molecular complexity index is 1150. The molecule has 1 fully saturated rings. The van der Waals surface area contributed by atoms with Crippen LogP contribution in [0.15, 0.2) is 12.3 Å². The van der Waals surface area contributed by atoms with E-state index < -0.39 is 17.6 Å². The number of aromatic nitrogens is 3. The molecule has 10 heteroatoms. The first-order valence-corrected chi connectivity index (χ1v) is 11.8. The minimum atomic E-state index is -0.715. The molecule has 2 N–H and O–H groups in total. The van der Waals surface area contributed by atoms with Crippen molar-refractivity contribution in [2.45, 2.75) is 64.9 Å². The Morgan fingerprint density at radius 2 is 2.17 bits per heavy atom. The molecule has 1 unspecified atom stereocenters. The number of carbonyl (C=O) groups excluding carboxylic acids is 2. The van der Waals surface area contributed by atoms with E-state index in [1.165, 1.54) is 6.20 Å². The number of anilines is 1. The highest BCUT2D eigenvalue weighted by atomic mass is 16.7. The lowest BCUT2D eigenvalue weighted by Crippen LogP contribution is -2.44. The number of carbonyl (C=O) groups is 2. The van der Waals surface area contributed by atoms with Gasteiger partial charge in [0.15, 0.2) is 6.29 Å². The normalized spacial score (nSPS) is 18.2. The van der Waals surface area contributed by atoms with Crippen LogP contribution in [0.3, 0.4) is 0 Å². The SMILES string of the molecule is C#Cc1cnc(N)nc1-c1cc2c(n1CCOC1CCCCO1)CCN(C(=O)OC(C)(C)C)C2=O. The van der Waals surface area contributed by atoms with Crippen LogP contribution in [0.1, 0.15) is 61.6 Å². The number of nitrogens with two attached hydrogens (primary N) is 1. The van der Waals surface area contributed by atoms with Crippen molar-refractivity contribution < 1.29 is 23.8 Å². The molecule has 0 radical (unpaired) electrons. The van der Waals surface area contributed by atoms with Gasteiger partial charge in [0.25, 0.3) is 5.91 Å². The van der Waals surface area contributed by atoms with Crippen molar-refractivity contribution in [1.82, 2.24) is 19.4 Å². The molecule has 10 nitrogen and oxygen atoms in total. The average molecular weight is 482 g/mol. The van der Waals surface area contributed by atoms with Gasteiger partial charge in [0.05, 0.1) is 23.4 Å². The van der Waals surface area contributed by atoms with E-state index in [1.54, 1.807) is 26.8 Å². The van der Waals surface area contributed by atoms with Crippen LogP contribution in [0.4, 0.5) is 10.7 Å². The van der Waals surface area contributed by atoms with E-state index in [-0.39, 0.29) is 18.8 Å². The lowest BCUT2D eigenvalue weighted by molar-refractivity contribution is -0.163. The second kappa shape index (κ2) is 10.1. The largest absolute Gasteiger partial charge is 0.443 e. The third kappa shape index (κ3) is 5.47. The van der Waals surface area contributed by atoms with Crippen LogP contribution in [-0.4, -0.2) is 63.1 Å². The second-order valence-corrected chi connectivity index (χ2v) is 9.53. The number of ether oxygens (including phenoxy) is 3. The van der Waals surface area contributed by atoms with Gasteiger partial charge in [0.1, 0.15) is 11.3 Å². The highest BCUT2D eigenvalue weighted by Crippen LogP contribution is 2.32. The van der Waals surface area contributed by atoms with Gasteiger partial charge in [-0.25, -0.2) is 19.7 Å². The first kappa shape index (κ1) is 24.7. The zero-order valence-electron chi connectivity index (χ0n) is 20.4. The van der Waals surface area contributed by atoms with Crippen molar-refractivity contribution in [2.24, 2.45) is 0 Å². The summed E-state index contributed by atoms with van der Waals surface area (Å²) >= 11 is 0. The van der Waals surface area contributed by atoms with Crippen LogP contribution in [-0.2, 0) is 27.2 Å². The highest BCUT2D eigenvalue weighted by Gasteiger charge is 2.35. The molecule has 2 amide bonds. The first-order valence-electron chi connectivity index (χ1n) is 11.8. The van der Waals surface area contributed by atoms with Crippen molar-refractivity contribution in [2.75, 3.05) is 25.5 Å². The molecular weight excluding hydrogens is 450 g/mol. The van der Waals surface area contributed by atoms with Crippen molar-refractivity contribution in [3.8, 4) is 23.7 Å². The van der Waals surface area contributed by atoms with Gasteiger partial charge in [-0.2, -0.15) is 0 Å². The first-order chi connectivity index (χ1) is 16.7. The standard InChI is InChI=1S/C25H31N5O5/c1-5-16-15-27-23(26)28-21(16)19-14-17-18(29(19)11-13-34-20-8-6-7-12-33-20)9-10-30(22(17)31)24(32)35-25(2,3)4/h1,14-15,20H,6-13H2,2-4H3,(H2,26,27,28). The number of imide groups is 1. The van der Waals surface area contributed by atoms with E-state index in [9.17, 15) is 9.59 Å². The summed E-state index contributed by atoms with van der Waals surface area (Å²) in [5.74, 6) is 2.22. The van der Waals surface area contributed by atoms with Crippen LogP contribution < -0.4 is 5.73 Å². The summed E-state index contributed by atoms with van der Waals surface area (Å²) in [6, 6.07) is 1.70. The topological polar surface area (TPSA) is 122 Å². The fourth-order valence-electron chi connectivity index (χ4n) is 4.27. The van der Waals surface area contributed by atoms with E-state index in [1.807, 2.05) is 4.57 Å². The molecule has 1 saturated heterocycles. The molecule has 0 saturated carbocycles. The van der Waals surface area contributed by atoms with E-state index in [0.717, 1.165) is 29.9 Å². The molecule has 2 aliphatic heterocycles. The van der Waals surface area contributed by atoms with E-state index in [0.29, 0.717) is 48.7 Å². The fraction of sp³-hybridized carbons (Fsp3) is 0.520. The molecule has 4 rings (SSSR count). The summed E-state index contributed by atoms with van der Waals surface area (Å²) in [4.78, 5) is 35.5. The number of amides is 2. The molecule has 2 aromatic heterocycles. The molecule has 1 atom stereocenters. The van der Waals surface area contributed by atoms with Gasteiger partial charge >= 0.3 is 6.09 Å². The van der Waals surface area contributed by atoms with Crippen molar-refractivity contribution in [3.63, 3.8) is 0 Å². The quantitative estimate of drug-likeness (QED) is 0.647. The van der Waals surface area contributed by atoms with Crippen molar-refractivity contribution in [3.05, 3.63) is 29.1 Å². The highest BCUT2D eigenvalue weighted by molar-refractivity contribution is 6.05. The Morgan fingerprint density at radius 3 is 2.86 bits per heavy atom. The number of nitrogens with zero attached hydrogens (tertiary/aromatic N) is 4. The average Bonchev–Trinajstić information content (AvgIpc) is 3.18. The van der Waals surface area contributed by atoms with E-state index in [2.05, 4.69) is 15.9 Å². The minimum Gasteiger partial charge on any atom is -0.443 e. The maximum Gasteiger partial charge on any atom is 0.417 e. The summed E-state index contributed by atoms with van der Waals surface area (Å²) in [5, 5.41) is 0. The van der Waals surface area contributed by atoms with Gasteiger partial charge in [0.2, 0.25) is 5.95 Å². The van der Waals surface area contributed by atoms with Gasteiger partial charge in [-0.05, 0) is 46.1 Å². The lowest BCUT2D eigenvalue weighted by Gasteiger charge is -2.29. The molecule has 35 heavy (non-hydrogen) atoms. The summed E-state index contributed by atoms with van der Waals surface area (Å²) in [5.41, 5.74) is 7.82. The monoisotopic (exact) mass is 481 g/mol. The number of hydrogen-bond donors (Lipinski definition) is 1. The molecule has 0 spiro atoms. The zero-order chi connectivity index (χ0) is 25.2. The number of hydrogen-bond acceptors (Lipinski definition) is 8. The predicted molar refractivity (Wildman–Crippen MR) is 128 cm³/mol. The molecule has 2 aromatic rings. The zero-order valence-corrected chi connectivity index (χ0v) is 20.4. The third-order valence-electron chi connectivity index (χ3n) is 5.83. The van der Waals surface area contributed by atoms with Gasteiger partial charge in [-0.1, -0.05) is 5.92 Å². The second-order valence-electron chi connectivity index (χ2n) is 9.53. The van der Waals surface area contributed by atoms with Crippen LogP contribution in [0, 0.1) is 12.3 Å². The molecule has 2 aliphatic rings. The Labute approximate surface area is 204 Å². The Kier molecular flexibility index (Phi) is 7.10. The maximum absolute atomic E-state index is 13.3. The van der Waals surface area contributed by atoms with Gasteiger partial charge in [-0.3, -0.25) is 4.79 Å². The van der Waals surface area contributed by atoms with Crippen molar-refractivity contribution in [1.29, 1.82) is 0 Å². The molecule has 0 aliphatic carbocycles. The van der Waals surface area contributed by atoms with Crippen LogP contribution in [0.5, 0.6) is 0 Å². The maximum atomic E-state index is 13.3. The summed E-state index contributed by atoms with van der Waals surface area (Å²) in [6.45, 7) is 6.98. The van der Waals surface area contributed by atoms with Crippen molar-refractivity contribution >= 4 is 17.9 Å². The van der Waals surface area contributed by atoms with Gasteiger partial charge < -0.3 is 24.5 Å².